The topological polar surface area (TPSA) is 43.8 Å². The summed E-state index contributed by atoms with van der Waals surface area (Å²) < 4.78 is 0. The molecular formula is C9H16N2O2. The lowest BCUT2D eigenvalue weighted by Crippen LogP contribution is -2.52. The molecule has 1 saturated carbocycles. The third kappa shape index (κ3) is 1.84. The minimum Gasteiger partial charge on any atom is -0.395 e. The van der Waals surface area contributed by atoms with Crippen molar-refractivity contribution in [3.8, 4) is 0 Å². The summed E-state index contributed by atoms with van der Waals surface area (Å²) in [4.78, 5) is 11.6. The molecule has 0 aromatic heterocycles. The quantitative estimate of drug-likeness (QED) is 0.670. The average molecular weight is 184 g/mol. The molecule has 1 aliphatic heterocycles. The van der Waals surface area contributed by atoms with Gasteiger partial charge in [0.25, 0.3) is 0 Å². The van der Waals surface area contributed by atoms with Gasteiger partial charge in [0.1, 0.15) is 0 Å². The molecule has 74 valence electrons. The fourth-order valence-corrected chi connectivity index (χ4v) is 1.88. The van der Waals surface area contributed by atoms with Gasteiger partial charge in [0.15, 0.2) is 0 Å². The van der Waals surface area contributed by atoms with Crippen molar-refractivity contribution in [2.75, 3.05) is 19.7 Å². The van der Waals surface area contributed by atoms with Crippen LogP contribution in [0.4, 0.5) is 0 Å². The maximum Gasteiger partial charge on any atom is 0.237 e. The molecule has 4 heteroatoms. The highest BCUT2D eigenvalue weighted by molar-refractivity contribution is 5.77. The Kier molecular flexibility index (Phi) is 2.51. The second-order valence-electron chi connectivity index (χ2n) is 3.75. The Hall–Kier alpha value is -0.610. The first-order chi connectivity index (χ1) is 6.33. The molecule has 0 atom stereocenters. The van der Waals surface area contributed by atoms with Gasteiger partial charge in [0.2, 0.25) is 5.91 Å². The van der Waals surface area contributed by atoms with Crippen molar-refractivity contribution >= 4 is 5.91 Å². The van der Waals surface area contributed by atoms with Gasteiger partial charge in [-0.1, -0.05) is 0 Å². The van der Waals surface area contributed by atoms with Gasteiger partial charge in [-0.05, 0) is 19.3 Å². The molecule has 13 heavy (non-hydrogen) atoms. The molecule has 0 aromatic rings. The third-order valence-electron chi connectivity index (χ3n) is 2.62. The van der Waals surface area contributed by atoms with Crippen molar-refractivity contribution < 1.29 is 9.90 Å². The van der Waals surface area contributed by atoms with Crippen LogP contribution in [0.15, 0.2) is 0 Å². The molecule has 2 fully saturated rings. The van der Waals surface area contributed by atoms with Gasteiger partial charge in [0.05, 0.1) is 6.61 Å². The number of carbonyl (C=O) groups excluding carboxylic acids is 1. The molecule has 0 unspecified atom stereocenters. The van der Waals surface area contributed by atoms with Crippen molar-refractivity contribution in [1.29, 1.82) is 0 Å². The summed E-state index contributed by atoms with van der Waals surface area (Å²) in [6.07, 6.45) is 3.88. The zero-order valence-corrected chi connectivity index (χ0v) is 7.78. The van der Waals surface area contributed by atoms with Gasteiger partial charge < -0.3 is 5.11 Å². The van der Waals surface area contributed by atoms with E-state index in [9.17, 15) is 4.79 Å². The monoisotopic (exact) mass is 184 g/mol. The van der Waals surface area contributed by atoms with Crippen LogP contribution in [-0.4, -0.2) is 46.8 Å². The first kappa shape index (κ1) is 8.97. The van der Waals surface area contributed by atoms with E-state index < -0.39 is 0 Å². The van der Waals surface area contributed by atoms with Crippen molar-refractivity contribution in [2.24, 2.45) is 0 Å². The van der Waals surface area contributed by atoms with Crippen molar-refractivity contribution in [3.63, 3.8) is 0 Å². The summed E-state index contributed by atoms with van der Waals surface area (Å²) in [7, 11) is 0. The number of rotatable bonds is 3. The maximum atomic E-state index is 11.6. The van der Waals surface area contributed by atoms with E-state index in [2.05, 4.69) is 0 Å². The molecule has 2 aliphatic rings. The fraction of sp³-hybridized carbons (Fsp3) is 0.889. The van der Waals surface area contributed by atoms with Crippen molar-refractivity contribution in [2.45, 2.75) is 31.7 Å². The van der Waals surface area contributed by atoms with E-state index in [1.807, 2.05) is 10.0 Å². The van der Waals surface area contributed by atoms with E-state index in [4.69, 9.17) is 5.11 Å². The number of hydrogen-bond donors (Lipinski definition) is 1. The van der Waals surface area contributed by atoms with E-state index in [0.29, 0.717) is 19.0 Å². The second-order valence-corrected chi connectivity index (χ2v) is 3.75. The minimum absolute atomic E-state index is 0.135. The molecule has 0 bridgehead atoms. The van der Waals surface area contributed by atoms with Gasteiger partial charge >= 0.3 is 0 Å². The summed E-state index contributed by atoms with van der Waals surface area (Å²) in [5.41, 5.74) is 0. The Balaban J connectivity index is 2.00. The van der Waals surface area contributed by atoms with Crippen molar-refractivity contribution in [3.05, 3.63) is 0 Å². The van der Waals surface area contributed by atoms with Crippen LogP contribution in [0.2, 0.25) is 0 Å². The molecule has 1 amide bonds. The Labute approximate surface area is 78.1 Å². The first-order valence-corrected chi connectivity index (χ1v) is 5.00. The second kappa shape index (κ2) is 3.64. The molecule has 4 nitrogen and oxygen atoms in total. The lowest BCUT2D eigenvalue weighted by molar-refractivity contribution is -0.158. The normalized spacial score (nSPS) is 25.3. The smallest absolute Gasteiger partial charge is 0.237 e. The highest BCUT2D eigenvalue weighted by Gasteiger charge is 2.37. The first-order valence-electron chi connectivity index (χ1n) is 5.00. The molecule has 0 aromatic carbocycles. The predicted molar refractivity (Wildman–Crippen MR) is 47.8 cm³/mol. The SMILES string of the molecule is O=C1CCCN(CCO)N1C1CC1. The number of β-amino-alcohol motifs (C(OH)–C–C–N with tert-alkyl or cyclic N) is 1. The van der Waals surface area contributed by atoms with Crippen LogP contribution in [0.25, 0.3) is 0 Å². The number of nitrogens with zero attached hydrogens (tertiary/aromatic N) is 2. The molecule has 0 spiro atoms. The molecule has 1 N–H and O–H groups in total. The molecule has 2 rings (SSSR count). The Bertz CT molecular complexity index is 202. The summed E-state index contributed by atoms with van der Waals surface area (Å²) in [5, 5.41) is 12.7. The van der Waals surface area contributed by atoms with E-state index in [1.54, 1.807) is 0 Å². The fourth-order valence-electron chi connectivity index (χ4n) is 1.88. The van der Waals surface area contributed by atoms with Crippen LogP contribution < -0.4 is 0 Å². The number of aliphatic hydroxyl groups is 1. The van der Waals surface area contributed by atoms with Crippen LogP contribution >= 0.6 is 0 Å². The van der Waals surface area contributed by atoms with Crippen LogP contribution in [0.1, 0.15) is 25.7 Å². The van der Waals surface area contributed by atoms with Gasteiger partial charge in [-0.3, -0.25) is 9.80 Å². The Morgan fingerprint density at radius 2 is 2.23 bits per heavy atom. The number of hydrazine groups is 1. The van der Waals surface area contributed by atoms with Crippen LogP contribution in [0.3, 0.4) is 0 Å². The number of hydrogen-bond acceptors (Lipinski definition) is 3. The lowest BCUT2D eigenvalue weighted by atomic mass is 10.2. The molecular weight excluding hydrogens is 168 g/mol. The van der Waals surface area contributed by atoms with Crippen molar-refractivity contribution in [1.82, 2.24) is 10.0 Å². The Morgan fingerprint density at radius 1 is 1.46 bits per heavy atom. The average Bonchev–Trinajstić information content (AvgIpc) is 2.88. The predicted octanol–water partition coefficient (Wildman–Crippen LogP) is -0.0195. The van der Waals surface area contributed by atoms with Gasteiger partial charge in [-0.2, -0.15) is 0 Å². The molecule has 1 aliphatic carbocycles. The summed E-state index contributed by atoms with van der Waals surface area (Å²) in [5.74, 6) is 0.238. The molecule has 0 radical (unpaired) electrons. The standard InChI is InChI=1S/C9H16N2O2/c12-7-6-10-5-1-2-9(13)11(10)8-3-4-8/h8,12H,1-7H2. The summed E-state index contributed by atoms with van der Waals surface area (Å²) in [6.45, 7) is 1.65. The van der Waals surface area contributed by atoms with Gasteiger partial charge in [-0.15, -0.1) is 0 Å². The van der Waals surface area contributed by atoms with E-state index in [0.717, 1.165) is 25.8 Å². The van der Waals surface area contributed by atoms with E-state index in [1.165, 1.54) is 0 Å². The number of amides is 1. The maximum absolute atomic E-state index is 11.6. The summed E-state index contributed by atoms with van der Waals surface area (Å²) >= 11 is 0. The van der Waals surface area contributed by atoms with Crippen LogP contribution in [0, 0.1) is 0 Å². The van der Waals surface area contributed by atoms with Gasteiger partial charge in [-0.25, -0.2) is 5.01 Å². The minimum atomic E-state index is 0.135. The molecule has 1 heterocycles. The van der Waals surface area contributed by atoms with E-state index in [-0.39, 0.29) is 12.5 Å². The third-order valence-corrected chi connectivity index (χ3v) is 2.62. The number of aliphatic hydroxyl groups excluding tert-OH is 1. The molecule has 1 saturated heterocycles. The largest absolute Gasteiger partial charge is 0.395 e. The van der Waals surface area contributed by atoms with Gasteiger partial charge in [0, 0.05) is 25.6 Å². The van der Waals surface area contributed by atoms with Crippen LogP contribution in [0.5, 0.6) is 0 Å². The Morgan fingerprint density at radius 3 is 2.85 bits per heavy atom. The highest BCUT2D eigenvalue weighted by Crippen LogP contribution is 2.30. The highest BCUT2D eigenvalue weighted by atomic mass is 16.3. The lowest BCUT2D eigenvalue weighted by Gasteiger charge is -2.38. The zero-order valence-electron chi connectivity index (χ0n) is 7.78. The zero-order chi connectivity index (χ0) is 9.26. The number of carbonyl (C=O) groups is 1. The summed E-state index contributed by atoms with van der Waals surface area (Å²) in [6, 6.07) is 0.444. The van der Waals surface area contributed by atoms with Crippen LogP contribution in [-0.2, 0) is 4.79 Å². The van der Waals surface area contributed by atoms with E-state index >= 15 is 0 Å².